The molecule has 0 spiro atoms. The first-order valence-corrected chi connectivity index (χ1v) is 4.58. The van der Waals surface area contributed by atoms with Crippen LogP contribution in [-0.2, 0) is 9.53 Å². The molecule has 4 heteroatoms. The molecule has 0 aliphatic heterocycles. The second kappa shape index (κ2) is 5.94. The molecule has 2 N–H and O–H groups in total. The Labute approximate surface area is 79.3 Å². The third kappa shape index (κ3) is 5.60. The van der Waals surface area contributed by atoms with E-state index in [0.29, 0.717) is 13.2 Å². The number of carboxylic acid groups (broad SMARTS) is 1. The van der Waals surface area contributed by atoms with Crippen LogP contribution < -0.4 is 5.32 Å². The molecule has 13 heavy (non-hydrogen) atoms. The Kier molecular flexibility index (Phi) is 5.66. The number of carbonyl (C=O) groups is 1. The summed E-state index contributed by atoms with van der Waals surface area (Å²) in [6.07, 6.45) is 0.0842. The lowest BCUT2D eigenvalue weighted by atomic mass is 9.99. The fraction of sp³-hybridized carbons (Fsp3) is 0.889. The molecule has 0 rings (SSSR count). The van der Waals surface area contributed by atoms with Gasteiger partial charge < -0.3 is 15.2 Å². The fourth-order valence-corrected chi connectivity index (χ4v) is 1.25. The van der Waals surface area contributed by atoms with Crippen molar-refractivity contribution >= 4 is 5.97 Å². The summed E-state index contributed by atoms with van der Waals surface area (Å²) in [5, 5.41) is 11.8. The largest absolute Gasteiger partial charge is 0.481 e. The van der Waals surface area contributed by atoms with Crippen molar-refractivity contribution in [2.24, 2.45) is 0 Å². The second-order valence-electron chi connectivity index (χ2n) is 3.30. The van der Waals surface area contributed by atoms with Crippen molar-refractivity contribution in [3.8, 4) is 0 Å². The van der Waals surface area contributed by atoms with Crippen LogP contribution in [0.15, 0.2) is 0 Å². The van der Waals surface area contributed by atoms with Gasteiger partial charge in [-0.3, -0.25) is 4.79 Å². The molecule has 0 heterocycles. The number of ether oxygens (including phenoxy) is 1. The van der Waals surface area contributed by atoms with Gasteiger partial charge in [0.05, 0.1) is 13.0 Å². The zero-order chi connectivity index (χ0) is 10.3. The maximum Gasteiger partial charge on any atom is 0.305 e. The Morgan fingerprint density at radius 3 is 2.54 bits per heavy atom. The first-order chi connectivity index (χ1) is 6.04. The van der Waals surface area contributed by atoms with E-state index in [4.69, 9.17) is 9.84 Å². The quantitative estimate of drug-likeness (QED) is 0.624. The molecule has 0 fully saturated rings. The van der Waals surface area contributed by atoms with Gasteiger partial charge in [-0.25, -0.2) is 0 Å². The fourth-order valence-electron chi connectivity index (χ4n) is 1.25. The van der Waals surface area contributed by atoms with Crippen LogP contribution in [0.1, 0.15) is 27.2 Å². The van der Waals surface area contributed by atoms with Gasteiger partial charge in [0, 0.05) is 12.1 Å². The molecule has 0 aromatic carbocycles. The molecule has 0 aliphatic carbocycles. The lowest BCUT2D eigenvalue weighted by Crippen LogP contribution is -2.48. The molecule has 1 atom stereocenters. The van der Waals surface area contributed by atoms with Crippen molar-refractivity contribution in [1.29, 1.82) is 0 Å². The van der Waals surface area contributed by atoms with E-state index in [0.717, 1.165) is 6.54 Å². The highest BCUT2D eigenvalue weighted by molar-refractivity contribution is 5.68. The molecule has 4 nitrogen and oxygen atoms in total. The van der Waals surface area contributed by atoms with Crippen molar-refractivity contribution in [3.05, 3.63) is 0 Å². The summed E-state index contributed by atoms with van der Waals surface area (Å²) in [5.74, 6) is -0.803. The minimum Gasteiger partial charge on any atom is -0.481 e. The predicted octanol–water partition coefficient (Wildman–Crippen LogP) is 0.866. The van der Waals surface area contributed by atoms with Gasteiger partial charge in [-0.1, -0.05) is 6.92 Å². The molecule has 0 amide bonds. The van der Waals surface area contributed by atoms with Gasteiger partial charge in [-0.05, 0) is 20.4 Å². The molecular weight excluding hydrogens is 170 g/mol. The van der Waals surface area contributed by atoms with Crippen LogP contribution in [-0.4, -0.2) is 36.4 Å². The second-order valence-corrected chi connectivity index (χ2v) is 3.30. The number of nitrogens with one attached hydrogen (secondary N) is 1. The highest BCUT2D eigenvalue weighted by atomic mass is 16.5. The molecule has 0 saturated carbocycles. The monoisotopic (exact) mass is 189 g/mol. The number of hydrogen-bond donors (Lipinski definition) is 2. The van der Waals surface area contributed by atoms with Crippen LogP contribution in [0.5, 0.6) is 0 Å². The van der Waals surface area contributed by atoms with Crippen molar-refractivity contribution in [2.75, 3.05) is 19.8 Å². The summed E-state index contributed by atoms with van der Waals surface area (Å²) >= 11 is 0. The summed E-state index contributed by atoms with van der Waals surface area (Å²) in [6.45, 7) is 7.50. The molecule has 0 saturated heterocycles. The number of aliphatic carboxylic acids is 1. The summed E-state index contributed by atoms with van der Waals surface area (Å²) in [5.41, 5.74) is -0.448. The van der Waals surface area contributed by atoms with Crippen molar-refractivity contribution in [2.45, 2.75) is 32.7 Å². The van der Waals surface area contributed by atoms with E-state index in [2.05, 4.69) is 5.32 Å². The van der Waals surface area contributed by atoms with E-state index in [1.165, 1.54) is 0 Å². The van der Waals surface area contributed by atoms with Crippen LogP contribution in [0.3, 0.4) is 0 Å². The summed E-state index contributed by atoms with van der Waals surface area (Å²) in [7, 11) is 0. The zero-order valence-electron chi connectivity index (χ0n) is 8.59. The average Bonchev–Trinajstić information content (AvgIpc) is 2.00. The standard InChI is InChI=1S/C9H19NO3/c1-4-10-9(3,6-8(11)12)7-13-5-2/h10H,4-7H2,1-3H3,(H,11,12). The van der Waals surface area contributed by atoms with Gasteiger partial charge in [0.15, 0.2) is 0 Å². The molecule has 0 aromatic heterocycles. The summed E-state index contributed by atoms with van der Waals surface area (Å²) in [6, 6.07) is 0. The minimum absolute atomic E-state index is 0.0842. The highest BCUT2D eigenvalue weighted by Gasteiger charge is 2.26. The Hall–Kier alpha value is -0.610. The normalized spacial score (nSPS) is 15.3. The lowest BCUT2D eigenvalue weighted by molar-refractivity contribution is -0.139. The third-order valence-electron chi connectivity index (χ3n) is 1.77. The molecule has 0 bridgehead atoms. The number of hydrogen-bond acceptors (Lipinski definition) is 3. The van der Waals surface area contributed by atoms with Gasteiger partial charge in [0.1, 0.15) is 0 Å². The summed E-state index contributed by atoms with van der Waals surface area (Å²) < 4.78 is 5.23. The molecule has 0 radical (unpaired) electrons. The van der Waals surface area contributed by atoms with E-state index in [9.17, 15) is 4.79 Å². The lowest BCUT2D eigenvalue weighted by Gasteiger charge is -2.28. The number of likely N-dealkylation sites (N-methyl/N-ethyl adjacent to an activating group) is 1. The Morgan fingerprint density at radius 2 is 2.15 bits per heavy atom. The van der Waals surface area contributed by atoms with E-state index in [1.807, 2.05) is 20.8 Å². The van der Waals surface area contributed by atoms with Crippen LogP contribution >= 0.6 is 0 Å². The van der Waals surface area contributed by atoms with Gasteiger partial charge in [0.25, 0.3) is 0 Å². The van der Waals surface area contributed by atoms with Crippen LogP contribution in [0.4, 0.5) is 0 Å². The van der Waals surface area contributed by atoms with E-state index in [-0.39, 0.29) is 6.42 Å². The molecule has 78 valence electrons. The maximum atomic E-state index is 10.6. The Morgan fingerprint density at radius 1 is 1.54 bits per heavy atom. The maximum absolute atomic E-state index is 10.6. The van der Waals surface area contributed by atoms with Crippen LogP contribution in [0.2, 0.25) is 0 Å². The molecular formula is C9H19NO3. The third-order valence-corrected chi connectivity index (χ3v) is 1.77. The molecule has 1 unspecified atom stereocenters. The molecule has 0 aromatic rings. The van der Waals surface area contributed by atoms with E-state index >= 15 is 0 Å². The number of rotatable bonds is 7. The van der Waals surface area contributed by atoms with Crippen molar-refractivity contribution in [3.63, 3.8) is 0 Å². The highest BCUT2D eigenvalue weighted by Crippen LogP contribution is 2.10. The van der Waals surface area contributed by atoms with Crippen LogP contribution in [0, 0.1) is 0 Å². The molecule has 0 aliphatic rings. The Bertz CT molecular complexity index is 161. The first kappa shape index (κ1) is 12.4. The minimum atomic E-state index is -0.803. The van der Waals surface area contributed by atoms with Crippen LogP contribution in [0.25, 0.3) is 0 Å². The smallest absolute Gasteiger partial charge is 0.305 e. The average molecular weight is 189 g/mol. The van der Waals surface area contributed by atoms with Gasteiger partial charge in [-0.2, -0.15) is 0 Å². The Balaban J connectivity index is 4.06. The topological polar surface area (TPSA) is 58.6 Å². The van der Waals surface area contributed by atoms with Gasteiger partial charge in [0.2, 0.25) is 0 Å². The summed E-state index contributed by atoms with van der Waals surface area (Å²) in [4.78, 5) is 10.6. The van der Waals surface area contributed by atoms with E-state index in [1.54, 1.807) is 0 Å². The van der Waals surface area contributed by atoms with E-state index < -0.39 is 11.5 Å². The number of carboxylic acids is 1. The van der Waals surface area contributed by atoms with Crippen molar-refractivity contribution in [1.82, 2.24) is 5.32 Å². The van der Waals surface area contributed by atoms with Crippen molar-refractivity contribution < 1.29 is 14.6 Å². The first-order valence-electron chi connectivity index (χ1n) is 4.58. The zero-order valence-corrected chi connectivity index (χ0v) is 8.59. The van der Waals surface area contributed by atoms with Gasteiger partial charge in [-0.15, -0.1) is 0 Å². The predicted molar refractivity (Wildman–Crippen MR) is 50.8 cm³/mol. The van der Waals surface area contributed by atoms with Gasteiger partial charge >= 0.3 is 5.97 Å². The SMILES string of the molecule is CCNC(C)(COCC)CC(=O)O.